The molecule has 28 heavy (non-hydrogen) atoms. The van der Waals surface area contributed by atoms with Crippen molar-refractivity contribution < 1.29 is 14.6 Å². The van der Waals surface area contributed by atoms with Crippen molar-refractivity contribution in [2.45, 2.75) is 5.16 Å². The first-order valence-electron chi connectivity index (χ1n) is 8.35. The number of aromatic hydroxyl groups is 1. The summed E-state index contributed by atoms with van der Waals surface area (Å²) in [5.41, 5.74) is 4.10. The van der Waals surface area contributed by atoms with Crippen molar-refractivity contribution in [1.29, 1.82) is 0 Å². The standard InChI is InChI=1S/C19H19N5O3S/c1-24-18(14-6-4-3-5-7-14)22-23-19(24)28-12-17(26)21-20-11-13-8-9-15(25)16(10-13)27-2/h3-11,25H,12H2,1-2H3,(H,21,26). The van der Waals surface area contributed by atoms with Gasteiger partial charge in [0.1, 0.15) is 0 Å². The van der Waals surface area contributed by atoms with E-state index in [9.17, 15) is 9.90 Å². The molecule has 3 aromatic rings. The second-order valence-electron chi connectivity index (χ2n) is 5.74. The molecular weight excluding hydrogens is 378 g/mol. The first kappa shape index (κ1) is 19.4. The zero-order valence-electron chi connectivity index (χ0n) is 15.4. The predicted octanol–water partition coefficient (Wildman–Crippen LogP) is 2.44. The number of phenols is 1. The minimum Gasteiger partial charge on any atom is -0.504 e. The first-order valence-corrected chi connectivity index (χ1v) is 9.33. The van der Waals surface area contributed by atoms with E-state index >= 15 is 0 Å². The summed E-state index contributed by atoms with van der Waals surface area (Å²) in [4.78, 5) is 12.0. The van der Waals surface area contributed by atoms with Gasteiger partial charge in [0.25, 0.3) is 5.91 Å². The highest BCUT2D eigenvalue weighted by Gasteiger charge is 2.12. The Morgan fingerprint density at radius 1 is 1.29 bits per heavy atom. The number of hydrogen-bond donors (Lipinski definition) is 2. The summed E-state index contributed by atoms with van der Waals surface area (Å²) >= 11 is 1.28. The van der Waals surface area contributed by atoms with Crippen LogP contribution >= 0.6 is 11.8 Å². The lowest BCUT2D eigenvalue weighted by Crippen LogP contribution is -2.19. The average molecular weight is 397 g/mol. The van der Waals surface area contributed by atoms with Crippen molar-refractivity contribution in [3.05, 3.63) is 54.1 Å². The Hall–Kier alpha value is -3.33. The minimum absolute atomic E-state index is 0.0404. The zero-order valence-corrected chi connectivity index (χ0v) is 16.2. The summed E-state index contributed by atoms with van der Waals surface area (Å²) in [6.07, 6.45) is 1.47. The van der Waals surface area contributed by atoms with Gasteiger partial charge in [-0.15, -0.1) is 10.2 Å². The van der Waals surface area contributed by atoms with Crippen LogP contribution in [0.5, 0.6) is 11.5 Å². The molecule has 1 aromatic heterocycles. The van der Waals surface area contributed by atoms with Crippen molar-refractivity contribution in [3.63, 3.8) is 0 Å². The molecule has 1 amide bonds. The number of methoxy groups -OCH3 is 1. The van der Waals surface area contributed by atoms with Crippen LogP contribution in [0.25, 0.3) is 11.4 Å². The average Bonchev–Trinajstić information content (AvgIpc) is 3.08. The van der Waals surface area contributed by atoms with Crippen LogP contribution in [0.2, 0.25) is 0 Å². The molecule has 9 heteroatoms. The molecule has 0 unspecified atom stereocenters. The number of benzene rings is 2. The number of thioether (sulfide) groups is 1. The van der Waals surface area contributed by atoms with E-state index in [1.54, 1.807) is 12.1 Å². The molecular formula is C19H19N5O3S. The van der Waals surface area contributed by atoms with E-state index in [0.29, 0.717) is 16.5 Å². The van der Waals surface area contributed by atoms with Crippen LogP contribution in [0.15, 0.2) is 58.8 Å². The Balaban J connectivity index is 1.54. The van der Waals surface area contributed by atoms with Gasteiger partial charge in [-0.1, -0.05) is 42.1 Å². The number of carbonyl (C=O) groups is 1. The molecule has 0 fully saturated rings. The lowest BCUT2D eigenvalue weighted by Gasteiger charge is -2.04. The molecule has 144 valence electrons. The summed E-state index contributed by atoms with van der Waals surface area (Å²) in [6, 6.07) is 14.5. The van der Waals surface area contributed by atoms with E-state index < -0.39 is 0 Å². The molecule has 0 aliphatic rings. The molecule has 0 aliphatic carbocycles. The predicted molar refractivity (Wildman–Crippen MR) is 108 cm³/mol. The van der Waals surface area contributed by atoms with Crippen LogP contribution in [-0.4, -0.2) is 44.9 Å². The number of amides is 1. The molecule has 0 radical (unpaired) electrons. The topological polar surface area (TPSA) is 102 Å². The van der Waals surface area contributed by atoms with E-state index in [1.807, 2.05) is 41.9 Å². The van der Waals surface area contributed by atoms with Crippen molar-refractivity contribution in [1.82, 2.24) is 20.2 Å². The monoisotopic (exact) mass is 397 g/mol. The van der Waals surface area contributed by atoms with E-state index in [0.717, 1.165) is 11.4 Å². The molecule has 0 saturated heterocycles. The van der Waals surface area contributed by atoms with Crippen LogP contribution < -0.4 is 10.2 Å². The van der Waals surface area contributed by atoms with Crippen molar-refractivity contribution in [2.75, 3.05) is 12.9 Å². The Kier molecular flexibility index (Phi) is 6.28. The molecule has 2 N–H and O–H groups in total. The van der Waals surface area contributed by atoms with Crippen molar-refractivity contribution in [3.8, 4) is 22.9 Å². The van der Waals surface area contributed by atoms with E-state index in [2.05, 4.69) is 20.7 Å². The number of nitrogens with one attached hydrogen (secondary N) is 1. The van der Waals surface area contributed by atoms with Crippen molar-refractivity contribution >= 4 is 23.9 Å². The van der Waals surface area contributed by atoms with Gasteiger partial charge >= 0.3 is 0 Å². The number of carbonyl (C=O) groups excluding carboxylic acids is 1. The van der Waals surface area contributed by atoms with Crippen molar-refractivity contribution in [2.24, 2.45) is 12.1 Å². The van der Waals surface area contributed by atoms with Crippen LogP contribution in [-0.2, 0) is 11.8 Å². The maximum atomic E-state index is 12.0. The molecule has 0 saturated carbocycles. The van der Waals surface area contributed by atoms with E-state index in [-0.39, 0.29) is 17.4 Å². The third-order valence-corrected chi connectivity index (χ3v) is 4.83. The molecule has 0 atom stereocenters. The van der Waals surface area contributed by atoms with Gasteiger partial charge in [-0.3, -0.25) is 4.79 Å². The van der Waals surface area contributed by atoms with Gasteiger partial charge in [0, 0.05) is 12.6 Å². The Bertz CT molecular complexity index is 988. The van der Waals surface area contributed by atoms with Crippen LogP contribution in [0.1, 0.15) is 5.56 Å². The molecule has 8 nitrogen and oxygen atoms in total. The fourth-order valence-corrected chi connectivity index (χ4v) is 3.10. The number of hydrogen-bond acceptors (Lipinski definition) is 7. The van der Waals surface area contributed by atoms with Gasteiger partial charge in [0.2, 0.25) is 0 Å². The molecule has 0 aliphatic heterocycles. The van der Waals surface area contributed by atoms with Gasteiger partial charge in [-0.25, -0.2) is 5.43 Å². The first-order chi connectivity index (χ1) is 13.6. The van der Waals surface area contributed by atoms with Gasteiger partial charge in [0.05, 0.1) is 19.1 Å². The molecule has 3 rings (SSSR count). The van der Waals surface area contributed by atoms with E-state index in [1.165, 1.54) is 31.2 Å². The molecule has 2 aromatic carbocycles. The quantitative estimate of drug-likeness (QED) is 0.361. The Labute approximate surface area is 166 Å². The third kappa shape index (κ3) is 4.68. The lowest BCUT2D eigenvalue weighted by molar-refractivity contribution is -0.118. The normalized spacial score (nSPS) is 10.9. The SMILES string of the molecule is COc1cc(C=NNC(=O)CSc2nnc(-c3ccccc3)n2C)ccc1O. The number of phenolic OH excluding ortho intramolecular Hbond substituents is 1. The smallest absolute Gasteiger partial charge is 0.250 e. The van der Waals surface area contributed by atoms with E-state index in [4.69, 9.17) is 4.74 Å². The summed E-state index contributed by atoms with van der Waals surface area (Å²) in [5, 5.41) is 22.5. The Morgan fingerprint density at radius 3 is 2.82 bits per heavy atom. The summed E-state index contributed by atoms with van der Waals surface area (Å²) < 4.78 is 6.87. The summed E-state index contributed by atoms with van der Waals surface area (Å²) in [5.74, 6) is 0.997. The van der Waals surface area contributed by atoms with Gasteiger partial charge in [-0.05, 0) is 23.8 Å². The van der Waals surface area contributed by atoms with Crippen LogP contribution in [0.3, 0.4) is 0 Å². The molecule has 0 spiro atoms. The number of aromatic nitrogens is 3. The van der Waals surface area contributed by atoms with Crippen LogP contribution in [0.4, 0.5) is 0 Å². The van der Waals surface area contributed by atoms with Gasteiger partial charge in [-0.2, -0.15) is 5.10 Å². The fraction of sp³-hybridized carbons (Fsp3) is 0.158. The summed E-state index contributed by atoms with van der Waals surface area (Å²) in [6.45, 7) is 0. The number of rotatable bonds is 7. The number of ether oxygens (including phenoxy) is 1. The lowest BCUT2D eigenvalue weighted by atomic mass is 10.2. The van der Waals surface area contributed by atoms with Crippen LogP contribution in [0, 0.1) is 0 Å². The highest BCUT2D eigenvalue weighted by Crippen LogP contribution is 2.25. The zero-order chi connectivity index (χ0) is 19.9. The highest BCUT2D eigenvalue weighted by molar-refractivity contribution is 7.99. The molecule has 1 heterocycles. The Morgan fingerprint density at radius 2 is 2.07 bits per heavy atom. The largest absolute Gasteiger partial charge is 0.504 e. The van der Waals surface area contributed by atoms with Gasteiger partial charge in [0.15, 0.2) is 22.5 Å². The second-order valence-corrected chi connectivity index (χ2v) is 6.69. The maximum Gasteiger partial charge on any atom is 0.250 e. The van der Waals surface area contributed by atoms with Gasteiger partial charge < -0.3 is 14.4 Å². The minimum atomic E-state index is -0.267. The highest BCUT2D eigenvalue weighted by atomic mass is 32.2. The summed E-state index contributed by atoms with van der Waals surface area (Å²) in [7, 11) is 3.32. The fourth-order valence-electron chi connectivity index (χ4n) is 2.39. The number of nitrogens with zero attached hydrogens (tertiary/aromatic N) is 4. The second kappa shape index (κ2) is 9.05. The third-order valence-electron chi connectivity index (χ3n) is 3.81. The maximum absolute atomic E-state index is 12.0. The molecule has 0 bridgehead atoms. The number of hydrazone groups is 1.